The molecule has 0 bridgehead atoms. The Morgan fingerprint density at radius 1 is 1.22 bits per heavy atom. The number of ether oxygens (including phenoxy) is 3. The van der Waals surface area contributed by atoms with Gasteiger partial charge in [0.2, 0.25) is 0 Å². The second-order valence-electron chi connectivity index (χ2n) is 4.56. The molecule has 0 aliphatic carbocycles. The molecule has 0 radical (unpaired) electrons. The van der Waals surface area contributed by atoms with Crippen LogP contribution in [0, 0.1) is 0 Å². The number of nitrogens with zero attached hydrogens (tertiary/aromatic N) is 3. The van der Waals surface area contributed by atoms with Crippen molar-refractivity contribution in [3.05, 3.63) is 11.3 Å². The fraction of sp³-hybridized carbons (Fsp3) is 0.571. The normalized spacial score (nSPS) is 14.3. The standard InChI is InChI=1S/C14H19N3O5S/c1-3-21-13(18)10(14(19)22-4-2)9-11-12(23-16-15-11)17-5-7-20-8-6-17/h9H,3-8H2,1-2H3. The Labute approximate surface area is 138 Å². The van der Waals surface area contributed by atoms with E-state index in [1.807, 2.05) is 0 Å². The highest BCUT2D eigenvalue weighted by molar-refractivity contribution is 7.10. The van der Waals surface area contributed by atoms with Crippen LogP contribution in [-0.2, 0) is 23.8 Å². The Morgan fingerprint density at radius 3 is 2.39 bits per heavy atom. The van der Waals surface area contributed by atoms with E-state index in [0.29, 0.717) is 32.0 Å². The number of rotatable bonds is 6. The van der Waals surface area contributed by atoms with Crippen LogP contribution in [0.15, 0.2) is 5.57 Å². The molecular weight excluding hydrogens is 322 g/mol. The van der Waals surface area contributed by atoms with E-state index in [0.717, 1.165) is 5.00 Å². The largest absolute Gasteiger partial charge is 0.462 e. The minimum atomic E-state index is -0.730. The van der Waals surface area contributed by atoms with Crippen LogP contribution >= 0.6 is 11.5 Å². The van der Waals surface area contributed by atoms with E-state index in [1.54, 1.807) is 13.8 Å². The number of morpholine rings is 1. The average molecular weight is 341 g/mol. The molecule has 0 N–H and O–H groups in total. The number of esters is 2. The third kappa shape index (κ3) is 4.49. The van der Waals surface area contributed by atoms with Crippen LogP contribution in [0.25, 0.3) is 6.08 Å². The first-order valence-electron chi connectivity index (χ1n) is 7.38. The summed E-state index contributed by atoms with van der Waals surface area (Å²) in [7, 11) is 0. The van der Waals surface area contributed by atoms with Gasteiger partial charge >= 0.3 is 11.9 Å². The van der Waals surface area contributed by atoms with Gasteiger partial charge in [-0.15, -0.1) is 5.10 Å². The maximum atomic E-state index is 12.0. The molecule has 0 aromatic carbocycles. The van der Waals surface area contributed by atoms with Crippen LogP contribution in [-0.4, -0.2) is 61.0 Å². The van der Waals surface area contributed by atoms with E-state index < -0.39 is 11.9 Å². The number of aromatic nitrogens is 2. The molecular formula is C14H19N3O5S. The van der Waals surface area contributed by atoms with Crippen molar-refractivity contribution in [3.63, 3.8) is 0 Å². The molecule has 9 heteroatoms. The second kappa shape index (κ2) is 8.59. The fourth-order valence-corrected chi connectivity index (χ4v) is 2.72. The molecule has 0 saturated carbocycles. The summed E-state index contributed by atoms with van der Waals surface area (Å²) in [6.07, 6.45) is 1.38. The van der Waals surface area contributed by atoms with E-state index in [-0.39, 0.29) is 18.8 Å². The van der Waals surface area contributed by atoms with Crippen molar-refractivity contribution < 1.29 is 23.8 Å². The lowest BCUT2D eigenvalue weighted by molar-refractivity contribution is -0.146. The molecule has 1 aromatic heterocycles. The summed E-state index contributed by atoms with van der Waals surface area (Å²) in [4.78, 5) is 26.1. The molecule has 2 rings (SSSR count). The SMILES string of the molecule is CCOC(=O)C(=Cc1nnsc1N1CCOCC1)C(=O)OCC. The van der Waals surface area contributed by atoms with Gasteiger partial charge in [-0.05, 0) is 19.9 Å². The maximum Gasteiger partial charge on any atom is 0.345 e. The van der Waals surface area contributed by atoms with Gasteiger partial charge in [-0.25, -0.2) is 9.59 Å². The number of hydrogen-bond donors (Lipinski definition) is 0. The summed E-state index contributed by atoms with van der Waals surface area (Å²) < 4.78 is 19.1. The smallest absolute Gasteiger partial charge is 0.345 e. The lowest BCUT2D eigenvalue weighted by Crippen LogP contribution is -2.36. The first-order valence-corrected chi connectivity index (χ1v) is 8.15. The van der Waals surface area contributed by atoms with Gasteiger partial charge in [0.05, 0.1) is 26.4 Å². The van der Waals surface area contributed by atoms with E-state index >= 15 is 0 Å². The van der Waals surface area contributed by atoms with Gasteiger partial charge in [-0.2, -0.15) is 0 Å². The van der Waals surface area contributed by atoms with Crippen LogP contribution in [0.4, 0.5) is 5.00 Å². The van der Waals surface area contributed by atoms with Gasteiger partial charge in [0.25, 0.3) is 0 Å². The van der Waals surface area contributed by atoms with Crippen molar-refractivity contribution in [1.82, 2.24) is 9.59 Å². The minimum Gasteiger partial charge on any atom is -0.462 e. The highest BCUT2D eigenvalue weighted by atomic mass is 32.1. The summed E-state index contributed by atoms with van der Waals surface area (Å²) >= 11 is 1.21. The van der Waals surface area contributed by atoms with Crippen molar-refractivity contribution in [2.45, 2.75) is 13.8 Å². The number of hydrogen-bond acceptors (Lipinski definition) is 9. The Hall–Kier alpha value is -2.00. The zero-order chi connectivity index (χ0) is 16.7. The maximum absolute atomic E-state index is 12.0. The predicted octanol–water partition coefficient (Wildman–Crippen LogP) is 0.884. The summed E-state index contributed by atoms with van der Waals surface area (Å²) in [5.74, 6) is -1.46. The first kappa shape index (κ1) is 17.4. The van der Waals surface area contributed by atoms with Crippen LogP contribution < -0.4 is 4.90 Å². The second-order valence-corrected chi connectivity index (χ2v) is 5.29. The molecule has 8 nitrogen and oxygen atoms in total. The van der Waals surface area contributed by atoms with Gasteiger partial charge < -0.3 is 19.1 Å². The Kier molecular flexibility index (Phi) is 6.48. The lowest BCUT2D eigenvalue weighted by atomic mass is 10.2. The molecule has 23 heavy (non-hydrogen) atoms. The van der Waals surface area contributed by atoms with Gasteiger partial charge in [-0.1, -0.05) is 4.49 Å². The van der Waals surface area contributed by atoms with Crippen molar-refractivity contribution in [1.29, 1.82) is 0 Å². The van der Waals surface area contributed by atoms with E-state index in [4.69, 9.17) is 14.2 Å². The third-order valence-corrected chi connectivity index (χ3v) is 3.87. The topological polar surface area (TPSA) is 90.9 Å². The molecule has 1 aliphatic rings. The first-order chi connectivity index (χ1) is 11.2. The molecule has 1 aromatic rings. The molecule has 0 amide bonds. The molecule has 126 valence electrons. The zero-order valence-corrected chi connectivity index (χ0v) is 13.9. The molecule has 1 saturated heterocycles. The average Bonchev–Trinajstić information content (AvgIpc) is 3.02. The summed E-state index contributed by atoms with van der Waals surface area (Å²) in [6, 6.07) is 0. The molecule has 2 heterocycles. The highest BCUT2D eigenvalue weighted by Crippen LogP contribution is 2.26. The molecule has 0 spiro atoms. The van der Waals surface area contributed by atoms with E-state index in [2.05, 4.69) is 14.5 Å². The van der Waals surface area contributed by atoms with Crippen LogP contribution in [0.5, 0.6) is 0 Å². The quantitative estimate of drug-likeness (QED) is 0.326. The highest BCUT2D eigenvalue weighted by Gasteiger charge is 2.24. The molecule has 1 aliphatic heterocycles. The third-order valence-electron chi connectivity index (χ3n) is 3.07. The van der Waals surface area contributed by atoms with Gasteiger partial charge in [0.1, 0.15) is 16.3 Å². The van der Waals surface area contributed by atoms with Crippen molar-refractivity contribution in [3.8, 4) is 0 Å². The monoisotopic (exact) mass is 341 g/mol. The number of carbonyl (C=O) groups is 2. The Bertz CT molecular complexity index is 561. The predicted molar refractivity (Wildman–Crippen MR) is 84.2 cm³/mol. The number of anilines is 1. The minimum absolute atomic E-state index is 0.168. The summed E-state index contributed by atoms with van der Waals surface area (Å²) in [5.41, 5.74) is 0.268. The van der Waals surface area contributed by atoms with Crippen molar-refractivity contribution >= 4 is 34.5 Å². The van der Waals surface area contributed by atoms with Crippen LogP contribution in [0.3, 0.4) is 0 Å². The van der Waals surface area contributed by atoms with Gasteiger partial charge in [0.15, 0.2) is 0 Å². The van der Waals surface area contributed by atoms with E-state index in [9.17, 15) is 9.59 Å². The van der Waals surface area contributed by atoms with E-state index in [1.165, 1.54) is 17.6 Å². The zero-order valence-electron chi connectivity index (χ0n) is 13.1. The summed E-state index contributed by atoms with van der Waals surface area (Å²) in [5, 5.41) is 4.80. The molecule has 0 atom stereocenters. The Balaban J connectivity index is 2.29. The Morgan fingerprint density at radius 2 is 1.83 bits per heavy atom. The molecule has 0 unspecified atom stereocenters. The van der Waals surface area contributed by atoms with Crippen molar-refractivity contribution in [2.24, 2.45) is 0 Å². The summed E-state index contributed by atoms with van der Waals surface area (Å²) in [6.45, 7) is 6.32. The van der Waals surface area contributed by atoms with Gasteiger partial charge in [0, 0.05) is 24.6 Å². The fourth-order valence-electron chi connectivity index (χ4n) is 2.02. The van der Waals surface area contributed by atoms with Crippen LogP contribution in [0.2, 0.25) is 0 Å². The lowest BCUT2D eigenvalue weighted by Gasteiger charge is -2.27. The van der Waals surface area contributed by atoms with Gasteiger partial charge in [-0.3, -0.25) is 0 Å². The van der Waals surface area contributed by atoms with Crippen molar-refractivity contribution in [2.75, 3.05) is 44.4 Å². The molecule has 1 fully saturated rings. The number of carbonyl (C=O) groups excluding carboxylic acids is 2. The van der Waals surface area contributed by atoms with Crippen LogP contribution in [0.1, 0.15) is 19.5 Å².